The Bertz CT molecular complexity index is 404. The molecular weight excluding hydrogens is 496 g/mol. The first-order valence-electron chi connectivity index (χ1n) is 16.3. The predicted molar refractivity (Wildman–Crippen MR) is 155 cm³/mol. The van der Waals surface area contributed by atoms with Gasteiger partial charge in [-0.3, -0.25) is 0 Å². The second kappa shape index (κ2) is 31.1. The molecule has 0 heterocycles. The molecule has 0 aliphatic rings. The topological polar surface area (TPSA) is 47.9 Å². The van der Waals surface area contributed by atoms with E-state index < -0.39 is 12.1 Å². The van der Waals surface area contributed by atoms with Crippen LogP contribution < -0.4 is 0 Å². The molecule has 1 unspecified atom stereocenters. The predicted octanol–water partition coefficient (Wildman–Crippen LogP) is 10.1. The molecule has 222 valence electrons. The first-order valence-corrected chi connectivity index (χ1v) is 16.3. The Morgan fingerprint density at radius 2 is 0.784 bits per heavy atom. The summed E-state index contributed by atoms with van der Waals surface area (Å²) < 4.78 is 18.6. The van der Waals surface area contributed by atoms with E-state index >= 15 is 0 Å². The van der Waals surface area contributed by atoms with Crippen molar-refractivity contribution in [2.75, 3.05) is 19.8 Å². The molecule has 0 saturated heterocycles. The van der Waals surface area contributed by atoms with Crippen LogP contribution in [0.3, 0.4) is 0 Å². The van der Waals surface area contributed by atoms with Gasteiger partial charge in [0.1, 0.15) is 6.10 Å². The first kappa shape index (κ1) is 39.7. The van der Waals surface area contributed by atoms with Gasteiger partial charge in [-0.05, 0) is 25.7 Å². The van der Waals surface area contributed by atoms with Crippen molar-refractivity contribution in [2.45, 2.75) is 187 Å². The number of hydrogen-bond acceptors (Lipinski definition) is 4. The molecule has 0 saturated carbocycles. The maximum atomic E-state index is 11.6. The van der Waals surface area contributed by atoms with Crippen LogP contribution in [-0.4, -0.2) is 37.0 Å². The van der Waals surface area contributed by atoms with Crippen LogP contribution in [0.4, 0.5) is 0 Å². The molecule has 0 aliphatic carbocycles. The summed E-state index contributed by atoms with van der Waals surface area (Å²) >= 11 is 0. The van der Waals surface area contributed by atoms with Crippen molar-refractivity contribution in [2.24, 2.45) is 0 Å². The molecule has 0 spiro atoms. The number of unbranched alkanes of at least 4 members (excludes halogenated alkanes) is 18. The average Bonchev–Trinajstić information content (AvgIpc) is 2.88. The maximum absolute atomic E-state index is 11.6. The summed E-state index contributed by atoms with van der Waals surface area (Å²) in [7, 11) is 0. The van der Waals surface area contributed by atoms with Crippen LogP contribution in [0.1, 0.15) is 175 Å². The molecular formula is C32H66O4Ti. The fourth-order valence-corrected chi connectivity index (χ4v) is 4.66. The fourth-order valence-electron chi connectivity index (χ4n) is 4.66. The number of ether oxygens (including phenoxy) is 3. The summed E-state index contributed by atoms with van der Waals surface area (Å²) in [5.74, 6) is -1.62. The van der Waals surface area contributed by atoms with Crippen molar-refractivity contribution in [3.05, 3.63) is 0 Å². The van der Waals surface area contributed by atoms with Crippen molar-refractivity contribution >= 4 is 0 Å². The number of aliphatic hydroxyl groups is 1. The van der Waals surface area contributed by atoms with Crippen LogP contribution in [0.25, 0.3) is 0 Å². The Kier molecular flexibility index (Phi) is 33.4. The smallest absolute Gasteiger partial charge is 0.308 e. The minimum absolute atomic E-state index is 0. The summed E-state index contributed by atoms with van der Waals surface area (Å²) in [4.78, 5) is 0. The molecule has 0 fully saturated rings. The molecule has 0 amide bonds. The molecule has 0 radical (unpaired) electrons. The van der Waals surface area contributed by atoms with Crippen molar-refractivity contribution in [3.8, 4) is 0 Å². The van der Waals surface area contributed by atoms with Crippen LogP contribution in [0.2, 0.25) is 0 Å². The van der Waals surface area contributed by atoms with Gasteiger partial charge in [0.2, 0.25) is 0 Å². The molecule has 0 rings (SSSR count). The monoisotopic (exact) mass is 562 g/mol. The first-order chi connectivity index (χ1) is 17.6. The molecule has 4 nitrogen and oxygen atoms in total. The van der Waals surface area contributed by atoms with E-state index in [0.717, 1.165) is 51.4 Å². The van der Waals surface area contributed by atoms with Gasteiger partial charge < -0.3 is 19.3 Å². The van der Waals surface area contributed by atoms with Gasteiger partial charge in [-0.1, -0.05) is 150 Å². The Labute approximate surface area is 247 Å². The zero-order chi connectivity index (χ0) is 26.6. The standard InChI is InChI=1S/C32H66O4.Ti/c1-5-9-13-17-20-24-28-34-31(27-23-16-12-8-4)32(33,35-29-25-21-18-14-10-6-2)36-30-26-22-19-15-11-7-3;/h31,33H,5-30H2,1-4H3;. The van der Waals surface area contributed by atoms with Crippen LogP contribution in [0, 0.1) is 0 Å². The second-order valence-corrected chi connectivity index (χ2v) is 10.8. The Hall–Kier alpha value is 0.554. The van der Waals surface area contributed by atoms with Gasteiger partial charge >= 0.3 is 5.97 Å². The zero-order valence-electron chi connectivity index (χ0n) is 25.6. The molecule has 37 heavy (non-hydrogen) atoms. The Balaban J connectivity index is 0. The third-order valence-corrected chi connectivity index (χ3v) is 7.16. The van der Waals surface area contributed by atoms with Gasteiger partial charge in [0.25, 0.3) is 0 Å². The van der Waals surface area contributed by atoms with E-state index in [1.165, 1.54) is 96.3 Å². The van der Waals surface area contributed by atoms with Crippen LogP contribution >= 0.6 is 0 Å². The van der Waals surface area contributed by atoms with Crippen LogP contribution in [0.5, 0.6) is 0 Å². The van der Waals surface area contributed by atoms with Crippen molar-refractivity contribution in [3.63, 3.8) is 0 Å². The minimum atomic E-state index is -1.62. The maximum Gasteiger partial charge on any atom is 0.308 e. The third-order valence-electron chi connectivity index (χ3n) is 7.16. The summed E-state index contributed by atoms with van der Waals surface area (Å²) in [5.41, 5.74) is 0. The molecule has 0 aromatic heterocycles. The zero-order valence-corrected chi connectivity index (χ0v) is 27.2. The average molecular weight is 563 g/mol. The molecule has 0 bridgehead atoms. The van der Waals surface area contributed by atoms with Gasteiger partial charge in [-0.2, -0.15) is 0 Å². The van der Waals surface area contributed by atoms with E-state index in [1.54, 1.807) is 0 Å². The number of rotatable bonds is 30. The van der Waals surface area contributed by atoms with E-state index in [9.17, 15) is 5.11 Å². The van der Waals surface area contributed by atoms with E-state index in [-0.39, 0.29) is 21.7 Å². The van der Waals surface area contributed by atoms with Crippen LogP contribution in [-0.2, 0) is 35.9 Å². The minimum Gasteiger partial charge on any atom is -0.370 e. The van der Waals surface area contributed by atoms with E-state index in [2.05, 4.69) is 27.7 Å². The molecule has 0 aromatic rings. The molecule has 0 aromatic carbocycles. The fraction of sp³-hybridized carbons (Fsp3) is 1.00. The molecule has 1 N–H and O–H groups in total. The van der Waals surface area contributed by atoms with Gasteiger partial charge in [-0.25, -0.2) is 0 Å². The normalized spacial score (nSPS) is 12.6. The summed E-state index contributed by atoms with van der Waals surface area (Å²) in [6.07, 6.45) is 26.8. The van der Waals surface area contributed by atoms with Gasteiger partial charge in [0, 0.05) is 28.3 Å². The van der Waals surface area contributed by atoms with Crippen molar-refractivity contribution in [1.29, 1.82) is 0 Å². The molecule has 0 aliphatic heterocycles. The number of hydrogen-bond donors (Lipinski definition) is 1. The third kappa shape index (κ3) is 25.3. The SMILES string of the molecule is CCCCCCCCOC(CCCCCC)C(O)(OCCCCCCCC)OCCCCCCCC.[Ti]. The van der Waals surface area contributed by atoms with E-state index in [1.807, 2.05) is 0 Å². The molecule has 5 heteroatoms. The quantitative estimate of drug-likeness (QED) is 0.0537. The summed E-state index contributed by atoms with van der Waals surface area (Å²) in [6, 6.07) is 0. The van der Waals surface area contributed by atoms with Gasteiger partial charge in [-0.15, -0.1) is 0 Å². The molecule has 1 atom stereocenters. The summed E-state index contributed by atoms with van der Waals surface area (Å²) in [6.45, 7) is 10.7. The van der Waals surface area contributed by atoms with E-state index in [0.29, 0.717) is 19.8 Å². The Morgan fingerprint density at radius 3 is 1.19 bits per heavy atom. The van der Waals surface area contributed by atoms with Crippen LogP contribution in [0.15, 0.2) is 0 Å². The summed E-state index contributed by atoms with van der Waals surface area (Å²) in [5, 5.41) is 11.6. The van der Waals surface area contributed by atoms with E-state index in [4.69, 9.17) is 14.2 Å². The van der Waals surface area contributed by atoms with Crippen molar-refractivity contribution in [1.82, 2.24) is 0 Å². The second-order valence-electron chi connectivity index (χ2n) is 10.8. The Morgan fingerprint density at radius 1 is 0.459 bits per heavy atom. The van der Waals surface area contributed by atoms with Crippen molar-refractivity contribution < 1.29 is 41.0 Å². The largest absolute Gasteiger partial charge is 0.370 e. The van der Waals surface area contributed by atoms with Gasteiger partial charge in [0.15, 0.2) is 0 Å². The van der Waals surface area contributed by atoms with Gasteiger partial charge in [0.05, 0.1) is 13.2 Å².